The van der Waals surface area contributed by atoms with Gasteiger partial charge < -0.3 is 10.5 Å². The minimum atomic E-state index is 0.473. The summed E-state index contributed by atoms with van der Waals surface area (Å²) in [6.45, 7) is 4.55. The smallest absolute Gasteiger partial charge is 0.122 e. The maximum absolute atomic E-state index is 5.56. The second-order valence-corrected chi connectivity index (χ2v) is 4.12. The van der Waals surface area contributed by atoms with Gasteiger partial charge in [-0.1, -0.05) is 0 Å². The molecular weight excluding hydrogens is 214 g/mol. The van der Waals surface area contributed by atoms with Crippen molar-refractivity contribution >= 4 is 0 Å². The Labute approximate surface area is 101 Å². The Kier molecular flexibility index (Phi) is 3.15. The van der Waals surface area contributed by atoms with Crippen molar-refractivity contribution in [2.45, 2.75) is 20.4 Å². The van der Waals surface area contributed by atoms with E-state index in [1.54, 1.807) is 7.11 Å². The number of H-pyrrole nitrogens is 1. The number of hydrogen-bond donors (Lipinski definition) is 2. The van der Waals surface area contributed by atoms with E-state index in [0.717, 1.165) is 33.8 Å². The summed E-state index contributed by atoms with van der Waals surface area (Å²) < 4.78 is 5.29. The highest BCUT2D eigenvalue weighted by Gasteiger charge is 2.09. The molecule has 1 aromatic heterocycles. The minimum Gasteiger partial charge on any atom is -0.496 e. The molecule has 0 amide bonds. The molecule has 4 heteroatoms. The fourth-order valence-electron chi connectivity index (χ4n) is 1.89. The van der Waals surface area contributed by atoms with Gasteiger partial charge in [-0.25, -0.2) is 0 Å². The zero-order valence-electron chi connectivity index (χ0n) is 10.4. The van der Waals surface area contributed by atoms with E-state index in [2.05, 4.69) is 16.3 Å². The highest BCUT2D eigenvalue weighted by molar-refractivity contribution is 5.66. The van der Waals surface area contributed by atoms with Crippen molar-refractivity contribution in [1.82, 2.24) is 10.2 Å². The number of nitrogens with zero attached hydrogens (tertiary/aromatic N) is 1. The van der Waals surface area contributed by atoms with Crippen molar-refractivity contribution in [3.63, 3.8) is 0 Å². The Morgan fingerprint density at radius 1 is 1.24 bits per heavy atom. The molecule has 0 aliphatic rings. The lowest BCUT2D eigenvalue weighted by Crippen LogP contribution is -1.95. The topological polar surface area (TPSA) is 63.9 Å². The predicted molar refractivity (Wildman–Crippen MR) is 67.9 cm³/mol. The van der Waals surface area contributed by atoms with E-state index < -0.39 is 0 Å². The van der Waals surface area contributed by atoms with Gasteiger partial charge in [0.1, 0.15) is 5.75 Å². The molecule has 0 unspecified atom stereocenters. The number of nitrogens with one attached hydrogen (secondary N) is 1. The third kappa shape index (κ3) is 2.17. The number of ether oxygens (including phenoxy) is 1. The van der Waals surface area contributed by atoms with Gasteiger partial charge >= 0.3 is 0 Å². The molecule has 1 heterocycles. The van der Waals surface area contributed by atoms with Crippen LogP contribution in [-0.4, -0.2) is 17.3 Å². The number of aryl methyl sites for hydroxylation is 2. The summed E-state index contributed by atoms with van der Waals surface area (Å²) in [6.07, 6.45) is 0. The monoisotopic (exact) mass is 231 g/mol. The van der Waals surface area contributed by atoms with Gasteiger partial charge in [-0.3, -0.25) is 5.10 Å². The summed E-state index contributed by atoms with van der Waals surface area (Å²) in [5.41, 5.74) is 10.8. The van der Waals surface area contributed by atoms with Crippen molar-refractivity contribution in [3.05, 3.63) is 35.0 Å². The van der Waals surface area contributed by atoms with Crippen LogP contribution < -0.4 is 10.5 Å². The number of aromatic nitrogens is 2. The average Bonchev–Trinajstić information content (AvgIpc) is 2.80. The Hall–Kier alpha value is -1.81. The Morgan fingerprint density at radius 3 is 2.59 bits per heavy atom. The van der Waals surface area contributed by atoms with Crippen molar-refractivity contribution in [1.29, 1.82) is 0 Å². The molecule has 0 spiro atoms. The maximum Gasteiger partial charge on any atom is 0.122 e. The molecule has 0 saturated heterocycles. The van der Waals surface area contributed by atoms with E-state index in [1.807, 2.05) is 26.0 Å². The van der Waals surface area contributed by atoms with Crippen molar-refractivity contribution in [3.8, 4) is 17.0 Å². The predicted octanol–water partition coefficient (Wildman–Crippen LogP) is 2.16. The van der Waals surface area contributed by atoms with Gasteiger partial charge in [-0.05, 0) is 43.2 Å². The molecule has 0 atom stereocenters. The molecule has 0 saturated carbocycles. The lowest BCUT2D eigenvalue weighted by atomic mass is 10.0. The van der Waals surface area contributed by atoms with E-state index >= 15 is 0 Å². The number of methoxy groups -OCH3 is 1. The molecule has 0 fully saturated rings. The lowest BCUT2D eigenvalue weighted by molar-refractivity contribution is 0.411. The maximum atomic E-state index is 5.56. The molecule has 0 bridgehead atoms. The SMILES string of the molecule is COc1cc(C)c(-c2cc(CN)[nH]n2)cc1C. The van der Waals surface area contributed by atoms with Crippen LogP contribution in [0.15, 0.2) is 18.2 Å². The molecule has 2 aromatic rings. The molecule has 0 radical (unpaired) electrons. The molecule has 3 N–H and O–H groups in total. The van der Waals surface area contributed by atoms with E-state index in [-0.39, 0.29) is 0 Å². The zero-order valence-corrected chi connectivity index (χ0v) is 10.4. The largest absolute Gasteiger partial charge is 0.496 e. The highest BCUT2D eigenvalue weighted by Crippen LogP contribution is 2.29. The summed E-state index contributed by atoms with van der Waals surface area (Å²) in [7, 11) is 1.68. The molecule has 4 nitrogen and oxygen atoms in total. The molecule has 0 aliphatic heterocycles. The fraction of sp³-hybridized carbons (Fsp3) is 0.308. The second-order valence-electron chi connectivity index (χ2n) is 4.12. The van der Waals surface area contributed by atoms with Crippen LogP contribution in [0.1, 0.15) is 16.8 Å². The first kappa shape index (κ1) is 11.7. The molecule has 17 heavy (non-hydrogen) atoms. The minimum absolute atomic E-state index is 0.473. The summed E-state index contributed by atoms with van der Waals surface area (Å²) in [4.78, 5) is 0. The number of hydrogen-bond acceptors (Lipinski definition) is 3. The Balaban J connectivity index is 2.48. The zero-order chi connectivity index (χ0) is 12.4. The quantitative estimate of drug-likeness (QED) is 0.850. The van der Waals surface area contributed by atoms with Crippen molar-refractivity contribution < 1.29 is 4.74 Å². The normalized spacial score (nSPS) is 10.6. The van der Waals surface area contributed by atoms with Crippen LogP contribution in [0.5, 0.6) is 5.75 Å². The van der Waals surface area contributed by atoms with E-state index in [1.165, 1.54) is 0 Å². The fourth-order valence-corrected chi connectivity index (χ4v) is 1.89. The standard InChI is InChI=1S/C13H17N3O/c1-8-5-13(17-3)9(2)4-11(8)12-6-10(7-14)15-16-12/h4-6H,7,14H2,1-3H3,(H,15,16). The first-order valence-corrected chi connectivity index (χ1v) is 5.55. The third-order valence-corrected chi connectivity index (χ3v) is 2.87. The molecule has 0 aliphatic carbocycles. The average molecular weight is 231 g/mol. The van der Waals surface area contributed by atoms with Crippen LogP contribution in [0.2, 0.25) is 0 Å². The number of benzene rings is 1. The van der Waals surface area contributed by atoms with Crippen LogP contribution in [0.25, 0.3) is 11.3 Å². The van der Waals surface area contributed by atoms with E-state index in [4.69, 9.17) is 10.5 Å². The van der Waals surface area contributed by atoms with Crippen molar-refractivity contribution in [2.24, 2.45) is 5.73 Å². The van der Waals surface area contributed by atoms with Gasteiger partial charge in [-0.15, -0.1) is 0 Å². The number of aromatic amines is 1. The summed E-state index contributed by atoms with van der Waals surface area (Å²) in [5.74, 6) is 0.904. The van der Waals surface area contributed by atoms with Gasteiger partial charge in [0.25, 0.3) is 0 Å². The van der Waals surface area contributed by atoms with Gasteiger partial charge in [0, 0.05) is 17.8 Å². The Bertz CT molecular complexity index is 531. The summed E-state index contributed by atoms with van der Waals surface area (Å²) >= 11 is 0. The highest BCUT2D eigenvalue weighted by atomic mass is 16.5. The number of nitrogens with two attached hydrogens (primary N) is 1. The summed E-state index contributed by atoms with van der Waals surface area (Å²) in [5, 5.41) is 7.19. The van der Waals surface area contributed by atoms with Crippen LogP contribution in [0, 0.1) is 13.8 Å². The summed E-state index contributed by atoms with van der Waals surface area (Å²) in [6, 6.07) is 6.10. The van der Waals surface area contributed by atoms with Gasteiger partial charge in [-0.2, -0.15) is 5.10 Å². The van der Waals surface area contributed by atoms with E-state index in [9.17, 15) is 0 Å². The van der Waals surface area contributed by atoms with Crippen LogP contribution in [0.4, 0.5) is 0 Å². The van der Waals surface area contributed by atoms with Gasteiger partial charge in [0.05, 0.1) is 12.8 Å². The van der Waals surface area contributed by atoms with Crippen LogP contribution in [0.3, 0.4) is 0 Å². The van der Waals surface area contributed by atoms with Gasteiger partial charge in [0.15, 0.2) is 0 Å². The number of rotatable bonds is 3. The molecular formula is C13H17N3O. The molecule has 1 aromatic carbocycles. The first-order chi connectivity index (χ1) is 8.15. The van der Waals surface area contributed by atoms with Gasteiger partial charge in [0.2, 0.25) is 0 Å². The lowest BCUT2D eigenvalue weighted by Gasteiger charge is -2.09. The first-order valence-electron chi connectivity index (χ1n) is 5.55. The second kappa shape index (κ2) is 4.59. The van der Waals surface area contributed by atoms with E-state index in [0.29, 0.717) is 6.54 Å². The van der Waals surface area contributed by atoms with Crippen LogP contribution >= 0.6 is 0 Å². The Morgan fingerprint density at radius 2 is 2.00 bits per heavy atom. The van der Waals surface area contributed by atoms with Crippen LogP contribution in [-0.2, 0) is 6.54 Å². The molecule has 90 valence electrons. The third-order valence-electron chi connectivity index (χ3n) is 2.87. The van der Waals surface area contributed by atoms with Crippen molar-refractivity contribution in [2.75, 3.05) is 7.11 Å². The molecule has 2 rings (SSSR count).